The maximum Gasteiger partial charge on any atom is 0.417 e. The first kappa shape index (κ1) is 16.1. The largest absolute Gasteiger partial charge is 0.417 e. The molecule has 1 heterocycles. The van der Waals surface area contributed by atoms with E-state index in [2.05, 4.69) is 24.1 Å². The fourth-order valence-corrected chi connectivity index (χ4v) is 2.49. The van der Waals surface area contributed by atoms with Crippen LogP contribution in [0.25, 0.3) is 0 Å². The molecule has 0 radical (unpaired) electrons. The van der Waals surface area contributed by atoms with Gasteiger partial charge in [0.25, 0.3) is 0 Å². The molecule has 0 unspecified atom stereocenters. The van der Waals surface area contributed by atoms with Crippen LogP contribution in [0.1, 0.15) is 45.1 Å². The number of hydrogen-bond donors (Lipinski definition) is 2. The lowest BCUT2D eigenvalue weighted by atomic mass is 9.71. The normalized spacial score (nSPS) is 21.0. The summed E-state index contributed by atoms with van der Waals surface area (Å²) >= 11 is 0. The van der Waals surface area contributed by atoms with Gasteiger partial charge in [-0.2, -0.15) is 13.2 Å². The Morgan fingerprint density at radius 3 is 2.29 bits per heavy atom. The second-order valence-corrected chi connectivity index (χ2v) is 6.67. The first-order valence-corrected chi connectivity index (χ1v) is 7.09. The Bertz CT molecular complexity index is 473. The van der Waals surface area contributed by atoms with Crippen LogP contribution in [0.3, 0.4) is 0 Å². The summed E-state index contributed by atoms with van der Waals surface area (Å²) in [6, 6.07) is 2.28. The standard InChI is InChI=1S/C15H21F3N2O/c1-13(2)5-7-14(21,8-6-13)10-20-12-4-3-11(9-19-12)15(16,17)18/h3-4,9,21H,5-8,10H2,1-2H3,(H,19,20). The average Bonchev–Trinajstić information content (AvgIpc) is 2.40. The second-order valence-electron chi connectivity index (χ2n) is 6.67. The molecule has 1 aliphatic rings. The van der Waals surface area contributed by atoms with E-state index in [1.54, 1.807) is 0 Å². The second kappa shape index (κ2) is 5.48. The van der Waals surface area contributed by atoms with E-state index in [4.69, 9.17) is 0 Å². The quantitative estimate of drug-likeness (QED) is 0.891. The van der Waals surface area contributed by atoms with Gasteiger partial charge in [-0.25, -0.2) is 4.98 Å². The predicted molar refractivity (Wildman–Crippen MR) is 74.9 cm³/mol. The summed E-state index contributed by atoms with van der Waals surface area (Å²) in [5.41, 5.74) is -1.33. The molecule has 1 fully saturated rings. The number of aliphatic hydroxyl groups is 1. The van der Waals surface area contributed by atoms with E-state index in [0.717, 1.165) is 25.1 Å². The van der Waals surface area contributed by atoms with Gasteiger partial charge in [0.2, 0.25) is 0 Å². The first-order chi connectivity index (χ1) is 9.60. The Morgan fingerprint density at radius 2 is 1.81 bits per heavy atom. The fourth-order valence-electron chi connectivity index (χ4n) is 2.49. The van der Waals surface area contributed by atoms with Gasteiger partial charge < -0.3 is 10.4 Å². The molecule has 6 heteroatoms. The summed E-state index contributed by atoms with van der Waals surface area (Å²) in [6.07, 6.45) is -0.326. The van der Waals surface area contributed by atoms with Crippen molar-refractivity contribution in [3.05, 3.63) is 23.9 Å². The highest BCUT2D eigenvalue weighted by Crippen LogP contribution is 2.40. The van der Waals surface area contributed by atoms with Gasteiger partial charge >= 0.3 is 6.18 Å². The van der Waals surface area contributed by atoms with Gasteiger partial charge in [0.1, 0.15) is 5.82 Å². The molecule has 3 nitrogen and oxygen atoms in total. The maximum atomic E-state index is 12.4. The molecular weight excluding hydrogens is 281 g/mol. The molecule has 0 atom stereocenters. The molecule has 0 amide bonds. The molecule has 1 aliphatic carbocycles. The number of rotatable bonds is 3. The molecule has 0 aliphatic heterocycles. The molecular formula is C15H21F3N2O. The molecule has 0 aromatic carbocycles. The van der Waals surface area contributed by atoms with E-state index in [0.29, 0.717) is 25.2 Å². The van der Waals surface area contributed by atoms with Crippen LogP contribution in [-0.2, 0) is 6.18 Å². The van der Waals surface area contributed by atoms with Crippen molar-refractivity contribution in [3.63, 3.8) is 0 Å². The summed E-state index contributed by atoms with van der Waals surface area (Å²) in [6.45, 7) is 4.66. The van der Waals surface area contributed by atoms with Crippen LogP contribution in [0.15, 0.2) is 18.3 Å². The van der Waals surface area contributed by atoms with Crippen molar-refractivity contribution in [2.75, 3.05) is 11.9 Å². The molecule has 1 aromatic heterocycles. The number of anilines is 1. The molecule has 2 rings (SSSR count). The minimum atomic E-state index is -4.38. The molecule has 0 spiro atoms. The van der Waals surface area contributed by atoms with Crippen LogP contribution >= 0.6 is 0 Å². The molecule has 0 saturated heterocycles. The highest BCUT2D eigenvalue weighted by atomic mass is 19.4. The summed E-state index contributed by atoms with van der Waals surface area (Å²) in [7, 11) is 0. The number of pyridine rings is 1. The molecule has 1 saturated carbocycles. The minimum absolute atomic E-state index is 0.249. The third kappa shape index (κ3) is 4.33. The number of nitrogens with zero attached hydrogens (tertiary/aromatic N) is 1. The third-order valence-electron chi connectivity index (χ3n) is 4.22. The number of nitrogens with one attached hydrogen (secondary N) is 1. The van der Waals surface area contributed by atoms with E-state index in [-0.39, 0.29) is 5.41 Å². The lowest BCUT2D eigenvalue weighted by Crippen LogP contribution is -2.42. The van der Waals surface area contributed by atoms with E-state index < -0.39 is 17.3 Å². The lowest BCUT2D eigenvalue weighted by molar-refractivity contribution is -0.137. The number of halogens is 3. The summed E-state index contributed by atoms with van der Waals surface area (Å²) in [5.74, 6) is 0.348. The SMILES string of the molecule is CC1(C)CCC(O)(CNc2ccc(C(F)(F)F)cn2)CC1. The van der Waals surface area contributed by atoms with E-state index in [1.165, 1.54) is 6.07 Å². The van der Waals surface area contributed by atoms with E-state index in [1.807, 2.05) is 0 Å². The van der Waals surface area contributed by atoms with Crippen LogP contribution in [-0.4, -0.2) is 22.2 Å². The Morgan fingerprint density at radius 1 is 1.19 bits per heavy atom. The minimum Gasteiger partial charge on any atom is -0.388 e. The van der Waals surface area contributed by atoms with Crippen molar-refractivity contribution in [2.45, 2.75) is 51.3 Å². The van der Waals surface area contributed by atoms with Crippen LogP contribution in [0.2, 0.25) is 0 Å². The van der Waals surface area contributed by atoms with Gasteiger partial charge in [0.15, 0.2) is 0 Å². The zero-order valence-corrected chi connectivity index (χ0v) is 12.3. The number of alkyl halides is 3. The number of hydrogen-bond acceptors (Lipinski definition) is 3. The van der Waals surface area contributed by atoms with Gasteiger partial charge in [-0.05, 0) is 43.2 Å². The van der Waals surface area contributed by atoms with Crippen molar-refractivity contribution >= 4 is 5.82 Å². The Kier molecular flexibility index (Phi) is 4.19. The average molecular weight is 302 g/mol. The maximum absolute atomic E-state index is 12.4. The van der Waals surface area contributed by atoms with Crippen molar-refractivity contribution < 1.29 is 18.3 Å². The van der Waals surface area contributed by atoms with Crippen molar-refractivity contribution in [3.8, 4) is 0 Å². The Labute approximate surface area is 122 Å². The summed E-state index contributed by atoms with van der Waals surface area (Å²) in [4.78, 5) is 3.75. The van der Waals surface area contributed by atoms with Crippen molar-refractivity contribution in [2.24, 2.45) is 5.41 Å². The lowest BCUT2D eigenvalue weighted by Gasteiger charge is -2.40. The van der Waals surface area contributed by atoms with Crippen molar-refractivity contribution in [1.29, 1.82) is 0 Å². The third-order valence-corrected chi connectivity index (χ3v) is 4.22. The first-order valence-electron chi connectivity index (χ1n) is 7.09. The topological polar surface area (TPSA) is 45.1 Å². The van der Waals surface area contributed by atoms with Crippen molar-refractivity contribution in [1.82, 2.24) is 4.98 Å². The molecule has 118 valence electrons. The number of aromatic nitrogens is 1. The van der Waals surface area contributed by atoms with Crippen LogP contribution < -0.4 is 5.32 Å². The van der Waals surface area contributed by atoms with Crippen LogP contribution in [0.4, 0.5) is 19.0 Å². The zero-order chi connectivity index (χ0) is 15.7. The van der Waals surface area contributed by atoms with Crippen LogP contribution in [0, 0.1) is 5.41 Å². The smallest absolute Gasteiger partial charge is 0.388 e. The van der Waals surface area contributed by atoms with Gasteiger partial charge in [-0.3, -0.25) is 0 Å². The summed E-state index contributed by atoms with van der Waals surface area (Å²) in [5, 5.41) is 13.4. The Hall–Kier alpha value is -1.30. The molecule has 0 bridgehead atoms. The monoisotopic (exact) mass is 302 g/mol. The molecule has 1 aromatic rings. The van der Waals surface area contributed by atoms with Gasteiger partial charge in [-0.15, -0.1) is 0 Å². The van der Waals surface area contributed by atoms with Gasteiger partial charge in [0.05, 0.1) is 11.2 Å². The highest BCUT2D eigenvalue weighted by Gasteiger charge is 2.36. The Balaban J connectivity index is 1.91. The predicted octanol–water partition coefficient (Wildman–Crippen LogP) is 3.84. The summed E-state index contributed by atoms with van der Waals surface area (Å²) < 4.78 is 37.3. The molecule has 21 heavy (non-hydrogen) atoms. The fraction of sp³-hybridized carbons (Fsp3) is 0.667. The van der Waals surface area contributed by atoms with Crippen LogP contribution in [0.5, 0.6) is 0 Å². The highest BCUT2D eigenvalue weighted by molar-refractivity contribution is 5.36. The molecule has 2 N–H and O–H groups in total. The van der Waals surface area contributed by atoms with Gasteiger partial charge in [-0.1, -0.05) is 13.8 Å². The van der Waals surface area contributed by atoms with E-state index in [9.17, 15) is 18.3 Å². The van der Waals surface area contributed by atoms with E-state index >= 15 is 0 Å². The van der Waals surface area contributed by atoms with Gasteiger partial charge in [0, 0.05) is 12.7 Å². The zero-order valence-electron chi connectivity index (χ0n) is 12.3.